The maximum absolute atomic E-state index is 11.7. The van der Waals surface area contributed by atoms with Crippen molar-refractivity contribution in [3.63, 3.8) is 0 Å². The Morgan fingerprint density at radius 1 is 1.05 bits per heavy atom. The Morgan fingerprint density at radius 2 is 1.67 bits per heavy atom. The van der Waals surface area contributed by atoms with E-state index in [-0.39, 0.29) is 6.03 Å². The normalized spacial score (nSPS) is 10.6. The standard InChI is InChI=1S/C17H19N3O/c1-12-9-13(2)16(14(3)10-12)11-18-20-17(21)19-15-7-5-4-6-8-15/h4-11H,1-3H3,(H2,19,20,21)/b18-11+. The number of hydrogen-bond donors (Lipinski definition) is 2. The summed E-state index contributed by atoms with van der Waals surface area (Å²) in [6, 6.07) is 13.1. The molecule has 21 heavy (non-hydrogen) atoms. The molecule has 0 aliphatic carbocycles. The van der Waals surface area contributed by atoms with E-state index in [9.17, 15) is 4.79 Å². The fraction of sp³-hybridized carbons (Fsp3) is 0.176. The fourth-order valence-corrected chi connectivity index (χ4v) is 2.23. The second kappa shape index (κ2) is 6.70. The zero-order valence-corrected chi connectivity index (χ0v) is 12.5. The molecule has 0 heterocycles. The average molecular weight is 281 g/mol. The van der Waals surface area contributed by atoms with Crippen LogP contribution in [0.15, 0.2) is 47.6 Å². The zero-order valence-electron chi connectivity index (χ0n) is 12.5. The molecule has 0 saturated heterocycles. The molecule has 4 nitrogen and oxygen atoms in total. The van der Waals surface area contributed by atoms with Crippen LogP contribution in [0, 0.1) is 20.8 Å². The second-order valence-corrected chi connectivity index (χ2v) is 5.00. The van der Waals surface area contributed by atoms with Crippen LogP contribution in [0.25, 0.3) is 0 Å². The summed E-state index contributed by atoms with van der Waals surface area (Å²) in [5.74, 6) is 0. The first-order chi connectivity index (χ1) is 10.1. The van der Waals surface area contributed by atoms with Gasteiger partial charge in [0.2, 0.25) is 0 Å². The molecule has 0 unspecified atom stereocenters. The summed E-state index contributed by atoms with van der Waals surface area (Å²) in [5, 5.41) is 6.70. The van der Waals surface area contributed by atoms with Gasteiger partial charge in [0.1, 0.15) is 0 Å². The molecule has 0 aliphatic heterocycles. The van der Waals surface area contributed by atoms with Gasteiger partial charge < -0.3 is 5.32 Å². The predicted molar refractivity (Wildman–Crippen MR) is 86.8 cm³/mol. The third-order valence-corrected chi connectivity index (χ3v) is 3.13. The molecule has 0 bridgehead atoms. The lowest BCUT2D eigenvalue weighted by molar-refractivity contribution is 0.252. The smallest absolute Gasteiger partial charge is 0.307 e. The van der Waals surface area contributed by atoms with Crippen LogP contribution in [-0.2, 0) is 0 Å². The van der Waals surface area contributed by atoms with Gasteiger partial charge in [-0.1, -0.05) is 35.9 Å². The highest BCUT2D eigenvalue weighted by Gasteiger charge is 2.02. The predicted octanol–water partition coefficient (Wildman–Crippen LogP) is 3.77. The van der Waals surface area contributed by atoms with Gasteiger partial charge in [-0.2, -0.15) is 5.10 Å². The molecular weight excluding hydrogens is 262 g/mol. The number of urea groups is 1. The Labute approximate surface area is 124 Å². The highest BCUT2D eigenvalue weighted by Crippen LogP contribution is 2.14. The molecule has 0 aromatic heterocycles. The average Bonchev–Trinajstić information content (AvgIpc) is 2.42. The van der Waals surface area contributed by atoms with Crippen molar-refractivity contribution in [3.8, 4) is 0 Å². The van der Waals surface area contributed by atoms with Crippen LogP contribution >= 0.6 is 0 Å². The lowest BCUT2D eigenvalue weighted by Gasteiger charge is -2.07. The maximum Gasteiger partial charge on any atom is 0.339 e. The Kier molecular flexibility index (Phi) is 4.72. The van der Waals surface area contributed by atoms with Crippen LogP contribution in [0.1, 0.15) is 22.3 Å². The van der Waals surface area contributed by atoms with Gasteiger partial charge in [0.05, 0.1) is 6.21 Å². The Balaban J connectivity index is 1.98. The Bertz CT molecular complexity index is 640. The van der Waals surface area contributed by atoms with Crippen LogP contribution in [0.5, 0.6) is 0 Å². The molecule has 4 heteroatoms. The van der Waals surface area contributed by atoms with E-state index in [0.29, 0.717) is 0 Å². The van der Waals surface area contributed by atoms with Gasteiger partial charge in [0.25, 0.3) is 0 Å². The van der Waals surface area contributed by atoms with Crippen molar-refractivity contribution in [2.75, 3.05) is 5.32 Å². The van der Waals surface area contributed by atoms with E-state index in [4.69, 9.17) is 0 Å². The third-order valence-electron chi connectivity index (χ3n) is 3.13. The topological polar surface area (TPSA) is 53.5 Å². The molecule has 2 N–H and O–H groups in total. The van der Waals surface area contributed by atoms with Gasteiger partial charge in [-0.25, -0.2) is 10.2 Å². The molecule has 0 atom stereocenters. The van der Waals surface area contributed by atoms with E-state index in [1.807, 2.05) is 44.2 Å². The summed E-state index contributed by atoms with van der Waals surface area (Å²) < 4.78 is 0. The van der Waals surface area contributed by atoms with Crippen molar-refractivity contribution in [2.24, 2.45) is 5.10 Å². The molecule has 2 amide bonds. The number of anilines is 1. The number of hydrogen-bond acceptors (Lipinski definition) is 2. The first-order valence-corrected chi connectivity index (χ1v) is 6.79. The Hall–Kier alpha value is -2.62. The van der Waals surface area contributed by atoms with E-state index in [1.165, 1.54) is 5.56 Å². The van der Waals surface area contributed by atoms with Crippen LogP contribution in [-0.4, -0.2) is 12.2 Å². The molecule has 0 aliphatic rings. The largest absolute Gasteiger partial charge is 0.339 e. The van der Waals surface area contributed by atoms with Crippen LogP contribution in [0.2, 0.25) is 0 Å². The summed E-state index contributed by atoms with van der Waals surface area (Å²) in [6.45, 7) is 6.13. The number of para-hydroxylation sites is 1. The molecule has 0 spiro atoms. The fourth-order valence-electron chi connectivity index (χ4n) is 2.23. The summed E-state index contributed by atoms with van der Waals surface area (Å²) in [7, 11) is 0. The van der Waals surface area contributed by atoms with Gasteiger partial charge in [-0.3, -0.25) is 0 Å². The lowest BCUT2D eigenvalue weighted by Crippen LogP contribution is -2.24. The third kappa shape index (κ3) is 4.18. The number of nitrogens with zero attached hydrogens (tertiary/aromatic N) is 1. The van der Waals surface area contributed by atoms with E-state index >= 15 is 0 Å². The van der Waals surface area contributed by atoms with Crippen molar-refractivity contribution in [2.45, 2.75) is 20.8 Å². The zero-order chi connectivity index (χ0) is 15.2. The summed E-state index contributed by atoms with van der Waals surface area (Å²) in [6.07, 6.45) is 1.68. The quantitative estimate of drug-likeness (QED) is 0.653. The number of amides is 2. The molecule has 2 aromatic carbocycles. The minimum atomic E-state index is -0.361. The molecule has 0 fully saturated rings. The first-order valence-electron chi connectivity index (χ1n) is 6.79. The number of rotatable bonds is 3. The molecule has 0 radical (unpaired) electrons. The summed E-state index contributed by atoms with van der Waals surface area (Å²) in [4.78, 5) is 11.7. The van der Waals surface area contributed by atoms with Gasteiger partial charge >= 0.3 is 6.03 Å². The number of carbonyl (C=O) groups is 1. The highest BCUT2D eigenvalue weighted by atomic mass is 16.2. The number of benzene rings is 2. The molecule has 108 valence electrons. The monoisotopic (exact) mass is 281 g/mol. The first kappa shape index (κ1) is 14.8. The van der Waals surface area contributed by atoms with Gasteiger partial charge in [-0.05, 0) is 44.0 Å². The molecule has 2 aromatic rings. The van der Waals surface area contributed by atoms with E-state index < -0.39 is 0 Å². The number of carbonyl (C=O) groups excluding carboxylic acids is 1. The van der Waals surface area contributed by atoms with Gasteiger partial charge in [-0.15, -0.1) is 0 Å². The highest BCUT2D eigenvalue weighted by molar-refractivity contribution is 5.90. The van der Waals surface area contributed by atoms with Gasteiger partial charge in [0.15, 0.2) is 0 Å². The lowest BCUT2D eigenvalue weighted by atomic mass is 10.0. The summed E-state index contributed by atoms with van der Waals surface area (Å²) in [5.41, 5.74) is 7.73. The van der Waals surface area contributed by atoms with Gasteiger partial charge in [0, 0.05) is 11.3 Å². The number of aryl methyl sites for hydroxylation is 3. The molecule has 0 saturated carbocycles. The van der Waals surface area contributed by atoms with Crippen molar-refractivity contribution >= 4 is 17.9 Å². The number of nitrogens with one attached hydrogen (secondary N) is 2. The minimum absolute atomic E-state index is 0.361. The van der Waals surface area contributed by atoms with Crippen molar-refractivity contribution in [3.05, 3.63) is 64.7 Å². The minimum Gasteiger partial charge on any atom is -0.307 e. The van der Waals surface area contributed by atoms with Crippen molar-refractivity contribution in [1.29, 1.82) is 0 Å². The van der Waals surface area contributed by atoms with E-state index in [1.54, 1.807) is 6.21 Å². The maximum atomic E-state index is 11.7. The molecule has 2 rings (SSSR count). The van der Waals surface area contributed by atoms with Crippen LogP contribution in [0.3, 0.4) is 0 Å². The van der Waals surface area contributed by atoms with E-state index in [0.717, 1.165) is 22.4 Å². The SMILES string of the molecule is Cc1cc(C)c(/C=N/NC(=O)Nc2ccccc2)c(C)c1. The van der Waals surface area contributed by atoms with Crippen LogP contribution in [0.4, 0.5) is 10.5 Å². The number of hydrazone groups is 1. The Morgan fingerprint density at radius 3 is 2.29 bits per heavy atom. The second-order valence-electron chi connectivity index (χ2n) is 5.00. The van der Waals surface area contributed by atoms with E-state index in [2.05, 4.69) is 34.9 Å². The molecular formula is C17H19N3O. The van der Waals surface area contributed by atoms with Crippen molar-refractivity contribution in [1.82, 2.24) is 5.43 Å². The van der Waals surface area contributed by atoms with Crippen molar-refractivity contribution < 1.29 is 4.79 Å². The van der Waals surface area contributed by atoms with Crippen LogP contribution < -0.4 is 10.7 Å². The summed E-state index contributed by atoms with van der Waals surface area (Å²) >= 11 is 0.